The van der Waals surface area contributed by atoms with E-state index in [0.29, 0.717) is 15.5 Å². The Bertz CT molecular complexity index is 1330. The van der Waals surface area contributed by atoms with E-state index in [1.807, 2.05) is 29.8 Å². The number of nitrogens with zero attached hydrogens (tertiary/aromatic N) is 5. The van der Waals surface area contributed by atoms with Gasteiger partial charge >= 0.3 is 0 Å². The van der Waals surface area contributed by atoms with E-state index in [1.165, 1.54) is 22.2 Å². The molecule has 0 unspecified atom stereocenters. The van der Waals surface area contributed by atoms with Crippen LogP contribution < -0.4 is 11.0 Å². The van der Waals surface area contributed by atoms with Crippen molar-refractivity contribution in [1.82, 2.24) is 24.4 Å². The number of carbonyl (C=O) groups excluding carboxylic acids is 1. The summed E-state index contributed by atoms with van der Waals surface area (Å²) in [5.74, 6) is -0.400. The van der Waals surface area contributed by atoms with Gasteiger partial charge in [0.1, 0.15) is 22.1 Å². The molecule has 30 heavy (non-hydrogen) atoms. The standard InChI is InChI=1S/C19H20N6O2S3/c1-10(2)29-16-13(25-5-6-28-19(25)22-16)7-21-23-14(26)8-24-9-20-17-15(18(24)27)11(3)12(4)30-17/h5-7,9-10H,8H2,1-4H3,(H,23,26)/b21-7+. The van der Waals surface area contributed by atoms with Crippen molar-refractivity contribution in [3.63, 3.8) is 0 Å². The van der Waals surface area contributed by atoms with Gasteiger partial charge in [0.25, 0.3) is 11.5 Å². The van der Waals surface area contributed by atoms with Gasteiger partial charge in [0.2, 0.25) is 0 Å². The number of aryl methyl sites for hydroxylation is 2. The molecule has 156 valence electrons. The largest absolute Gasteiger partial charge is 0.289 e. The van der Waals surface area contributed by atoms with Crippen LogP contribution >= 0.6 is 34.4 Å². The molecule has 1 amide bonds. The molecule has 0 aromatic carbocycles. The molecule has 4 aromatic rings. The smallest absolute Gasteiger partial charge is 0.262 e. The fourth-order valence-electron chi connectivity index (χ4n) is 2.95. The average molecular weight is 461 g/mol. The van der Waals surface area contributed by atoms with Crippen LogP contribution in [-0.2, 0) is 11.3 Å². The third-order valence-corrected chi connectivity index (χ3v) is 7.33. The number of aromatic nitrogens is 4. The number of rotatable bonds is 6. The second kappa shape index (κ2) is 8.32. The molecule has 4 aromatic heterocycles. The minimum Gasteiger partial charge on any atom is -0.289 e. The minimum absolute atomic E-state index is 0.151. The Hall–Kier alpha value is -2.50. The van der Waals surface area contributed by atoms with Crippen LogP contribution in [-0.4, -0.2) is 36.3 Å². The quantitative estimate of drug-likeness (QED) is 0.270. The first kappa shape index (κ1) is 20.8. The van der Waals surface area contributed by atoms with Crippen molar-refractivity contribution in [2.45, 2.75) is 44.5 Å². The van der Waals surface area contributed by atoms with Crippen molar-refractivity contribution < 1.29 is 4.79 Å². The van der Waals surface area contributed by atoms with E-state index >= 15 is 0 Å². The predicted molar refractivity (Wildman–Crippen MR) is 123 cm³/mol. The van der Waals surface area contributed by atoms with E-state index in [0.717, 1.165) is 26.1 Å². The Morgan fingerprint density at radius 1 is 1.40 bits per heavy atom. The summed E-state index contributed by atoms with van der Waals surface area (Å²) in [7, 11) is 0. The molecule has 8 nitrogen and oxygen atoms in total. The molecule has 0 radical (unpaired) electrons. The van der Waals surface area contributed by atoms with Crippen LogP contribution in [0.15, 0.2) is 32.8 Å². The highest BCUT2D eigenvalue weighted by Crippen LogP contribution is 2.28. The van der Waals surface area contributed by atoms with Gasteiger partial charge in [-0.2, -0.15) is 5.10 Å². The van der Waals surface area contributed by atoms with Crippen molar-refractivity contribution in [3.05, 3.63) is 44.4 Å². The summed E-state index contributed by atoms with van der Waals surface area (Å²) in [5.41, 5.74) is 4.01. The van der Waals surface area contributed by atoms with Gasteiger partial charge in [-0.05, 0) is 19.4 Å². The molecule has 0 saturated heterocycles. The molecule has 4 rings (SSSR count). The Kier molecular flexibility index (Phi) is 5.76. The molecule has 0 bridgehead atoms. The second-order valence-corrected chi connectivity index (χ2v) is 10.6. The molecule has 0 spiro atoms. The molecule has 0 atom stereocenters. The van der Waals surface area contributed by atoms with E-state index in [2.05, 4.69) is 34.3 Å². The molecule has 1 N–H and O–H groups in total. The monoisotopic (exact) mass is 460 g/mol. The molecule has 0 aliphatic rings. The van der Waals surface area contributed by atoms with Gasteiger partial charge in [-0.3, -0.25) is 18.6 Å². The summed E-state index contributed by atoms with van der Waals surface area (Å²) in [6.45, 7) is 7.90. The summed E-state index contributed by atoms with van der Waals surface area (Å²) in [5, 5.41) is 7.85. The molecule has 4 heterocycles. The lowest BCUT2D eigenvalue weighted by molar-refractivity contribution is -0.121. The first-order valence-electron chi connectivity index (χ1n) is 9.24. The first-order chi connectivity index (χ1) is 14.3. The number of amides is 1. The van der Waals surface area contributed by atoms with Gasteiger partial charge in [-0.1, -0.05) is 13.8 Å². The number of thiazole rings is 1. The second-order valence-electron chi connectivity index (χ2n) is 6.96. The molecular formula is C19H20N6O2S3. The fourth-order valence-corrected chi connectivity index (χ4v) is 5.57. The summed E-state index contributed by atoms with van der Waals surface area (Å²) in [6, 6.07) is 0. The SMILES string of the molecule is Cc1sc2ncn(CC(=O)N/N=C/c3c(SC(C)C)nc4sccn34)c(=O)c2c1C. The van der Waals surface area contributed by atoms with E-state index in [1.54, 1.807) is 29.3 Å². The van der Waals surface area contributed by atoms with Crippen LogP contribution in [0.1, 0.15) is 30.0 Å². The number of thioether (sulfide) groups is 1. The van der Waals surface area contributed by atoms with Gasteiger partial charge < -0.3 is 0 Å². The Morgan fingerprint density at radius 3 is 2.97 bits per heavy atom. The first-order valence-corrected chi connectivity index (χ1v) is 11.8. The highest BCUT2D eigenvalue weighted by molar-refractivity contribution is 7.99. The minimum atomic E-state index is -0.400. The zero-order valence-corrected chi connectivity index (χ0v) is 19.3. The van der Waals surface area contributed by atoms with Crippen LogP contribution in [0.25, 0.3) is 15.2 Å². The summed E-state index contributed by atoms with van der Waals surface area (Å²) >= 11 is 4.66. The topological polar surface area (TPSA) is 93.7 Å². The van der Waals surface area contributed by atoms with Crippen LogP contribution in [0.3, 0.4) is 0 Å². The number of imidazole rings is 1. The van der Waals surface area contributed by atoms with Gasteiger partial charge in [0.05, 0.1) is 17.9 Å². The van der Waals surface area contributed by atoms with Gasteiger partial charge in [0.15, 0.2) is 4.96 Å². The van der Waals surface area contributed by atoms with Crippen molar-refractivity contribution in [2.24, 2.45) is 5.10 Å². The van der Waals surface area contributed by atoms with Crippen molar-refractivity contribution in [1.29, 1.82) is 0 Å². The van der Waals surface area contributed by atoms with Crippen LogP contribution in [0.5, 0.6) is 0 Å². The lowest BCUT2D eigenvalue weighted by Gasteiger charge is -2.05. The highest BCUT2D eigenvalue weighted by Gasteiger charge is 2.15. The van der Waals surface area contributed by atoms with Gasteiger partial charge in [0, 0.05) is 21.7 Å². The Labute approximate surface area is 184 Å². The lowest BCUT2D eigenvalue weighted by atomic mass is 10.2. The zero-order chi connectivity index (χ0) is 21.4. The van der Waals surface area contributed by atoms with Crippen molar-refractivity contribution >= 4 is 61.7 Å². The fraction of sp³-hybridized carbons (Fsp3) is 0.316. The third kappa shape index (κ3) is 3.92. The molecule has 11 heteroatoms. The summed E-state index contributed by atoms with van der Waals surface area (Å²) < 4.78 is 3.25. The number of carbonyl (C=O) groups is 1. The van der Waals surface area contributed by atoms with Gasteiger partial charge in [-0.25, -0.2) is 15.4 Å². The zero-order valence-electron chi connectivity index (χ0n) is 16.9. The lowest BCUT2D eigenvalue weighted by Crippen LogP contribution is -2.30. The number of nitrogens with one attached hydrogen (secondary N) is 1. The number of hydrogen-bond donors (Lipinski definition) is 1. The highest BCUT2D eigenvalue weighted by atomic mass is 32.2. The van der Waals surface area contributed by atoms with Crippen molar-refractivity contribution in [3.8, 4) is 0 Å². The van der Waals surface area contributed by atoms with E-state index in [4.69, 9.17) is 0 Å². The molecule has 0 saturated carbocycles. The average Bonchev–Trinajstić information content (AvgIpc) is 3.33. The third-order valence-electron chi connectivity index (χ3n) is 4.46. The summed E-state index contributed by atoms with van der Waals surface area (Å²) in [4.78, 5) is 36.6. The maximum atomic E-state index is 12.7. The van der Waals surface area contributed by atoms with Crippen molar-refractivity contribution in [2.75, 3.05) is 0 Å². The maximum absolute atomic E-state index is 12.7. The van der Waals surface area contributed by atoms with Crippen LogP contribution in [0.2, 0.25) is 0 Å². The number of fused-ring (bicyclic) bond motifs is 2. The van der Waals surface area contributed by atoms with Crippen LogP contribution in [0.4, 0.5) is 0 Å². The molecular weight excluding hydrogens is 440 g/mol. The Balaban J connectivity index is 1.51. The number of thiophene rings is 1. The molecule has 0 fully saturated rings. The number of hydrogen-bond acceptors (Lipinski definition) is 8. The van der Waals surface area contributed by atoms with Crippen LogP contribution in [0, 0.1) is 13.8 Å². The Morgan fingerprint density at radius 2 is 2.20 bits per heavy atom. The van der Waals surface area contributed by atoms with E-state index in [-0.39, 0.29) is 12.1 Å². The van der Waals surface area contributed by atoms with E-state index in [9.17, 15) is 9.59 Å². The normalized spacial score (nSPS) is 12.0. The van der Waals surface area contributed by atoms with Gasteiger partial charge in [-0.15, -0.1) is 34.4 Å². The van der Waals surface area contributed by atoms with E-state index < -0.39 is 5.91 Å². The molecule has 0 aliphatic carbocycles. The summed E-state index contributed by atoms with van der Waals surface area (Å²) in [6.07, 6.45) is 4.92. The molecule has 0 aliphatic heterocycles. The number of hydrazone groups is 1. The predicted octanol–water partition coefficient (Wildman–Crippen LogP) is 3.43. The maximum Gasteiger partial charge on any atom is 0.262 e.